The molecule has 1 N–H and O–H groups in total. The van der Waals surface area contributed by atoms with Crippen molar-refractivity contribution < 1.29 is 13.9 Å². The number of amides is 1. The summed E-state index contributed by atoms with van der Waals surface area (Å²) in [5.41, 5.74) is 5.67. The van der Waals surface area contributed by atoms with E-state index in [4.69, 9.17) is 4.74 Å². The zero-order valence-corrected chi connectivity index (χ0v) is 14.9. The molecule has 3 aromatic rings. The van der Waals surface area contributed by atoms with Crippen molar-refractivity contribution in [1.29, 1.82) is 0 Å². The largest absolute Gasteiger partial charge is 0.489 e. The van der Waals surface area contributed by atoms with Gasteiger partial charge in [0.05, 0.1) is 6.21 Å². The lowest BCUT2D eigenvalue weighted by atomic mass is 10.1. The molecule has 0 bridgehead atoms. The summed E-state index contributed by atoms with van der Waals surface area (Å²) >= 11 is 0. The summed E-state index contributed by atoms with van der Waals surface area (Å²) in [7, 11) is 0. The molecular weight excluding hydrogens is 343 g/mol. The normalized spacial score (nSPS) is 10.7. The molecule has 0 spiro atoms. The number of ether oxygens (including phenoxy) is 1. The van der Waals surface area contributed by atoms with Gasteiger partial charge in [0.2, 0.25) is 0 Å². The summed E-state index contributed by atoms with van der Waals surface area (Å²) in [5, 5.41) is 4.01. The number of carbonyl (C=O) groups is 1. The van der Waals surface area contributed by atoms with Crippen molar-refractivity contribution in [3.63, 3.8) is 0 Å². The number of aryl methyl sites for hydroxylation is 1. The van der Waals surface area contributed by atoms with Gasteiger partial charge in [-0.1, -0.05) is 42.5 Å². The molecule has 1 amide bonds. The third-order valence-electron chi connectivity index (χ3n) is 3.95. The van der Waals surface area contributed by atoms with Crippen LogP contribution < -0.4 is 10.2 Å². The van der Waals surface area contributed by atoms with Gasteiger partial charge in [0.1, 0.15) is 18.2 Å². The van der Waals surface area contributed by atoms with Crippen LogP contribution in [0.4, 0.5) is 4.39 Å². The average molecular weight is 362 g/mol. The lowest BCUT2D eigenvalue weighted by molar-refractivity contribution is 0.0954. The van der Waals surface area contributed by atoms with E-state index in [2.05, 4.69) is 10.5 Å². The molecule has 136 valence electrons. The second-order valence-corrected chi connectivity index (χ2v) is 6.00. The molecule has 0 saturated heterocycles. The Balaban J connectivity index is 1.58. The number of nitrogens with zero attached hydrogens (tertiary/aromatic N) is 1. The molecule has 5 heteroatoms. The number of hydrogen-bond donors (Lipinski definition) is 1. The van der Waals surface area contributed by atoms with E-state index in [0.29, 0.717) is 17.9 Å². The Morgan fingerprint density at radius 2 is 1.85 bits per heavy atom. The molecule has 0 aliphatic rings. The third-order valence-corrected chi connectivity index (χ3v) is 3.95. The highest BCUT2D eigenvalue weighted by atomic mass is 19.1. The lowest BCUT2D eigenvalue weighted by Gasteiger charge is -2.07. The average Bonchev–Trinajstić information content (AvgIpc) is 2.68. The molecule has 27 heavy (non-hydrogen) atoms. The van der Waals surface area contributed by atoms with Gasteiger partial charge in [0.15, 0.2) is 0 Å². The van der Waals surface area contributed by atoms with Gasteiger partial charge in [-0.3, -0.25) is 4.79 Å². The Kier molecular flexibility index (Phi) is 5.94. The minimum absolute atomic E-state index is 0.256. The number of benzene rings is 3. The second kappa shape index (κ2) is 8.76. The van der Waals surface area contributed by atoms with E-state index in [1.807, 2.05) is 49.4 Å². The molecule has 3 aromatic carbocycles. The van der Waals surface area contributed by atoms with Crippen molar-refractivity contribution in [2.75, 3.05) is 0 Å². The Hall–Kier alpha value is -3.47. The zero-order chi connectivity index (χ0) is 19.1. The van der Waals surface area contributed by atoms with Crippen LogP contribution in [-0.4, -0.2) is 12.1 Å². The van der Waals surface area contributed by atoms with Gasteiger partial charge in [-0.25, -0.2) is 9.82 Å². The van der Waals surface area contributed by atoms with Crippen LogP contribution in [0.25, 0.3) is 0 Å². The van der Waals surface area contributed by atoms with Gasteiger partial charge in [0.25, 0.3) is 5.91 Å². The van der Waals surface area contributed by atoms with Crippen molar-refractivity contribution in [3.8, 4) is 5.75 Å². The molecule has 0 radical (unpaired) electrons. The molecular formula is C22H19FN2O2. The van der Waals surface area contributed by atoms with Gasteiger partial charge >= 0.3 is 0 Å². The zero-order valence-electron chi connectivity index (χ0n) is 14.9. The Morgan fingerprint density at radius 3 is 2.63 bits per heavy atom. The number of hydrogen-bond acceptors (Lipinski definition) is 3. The van der Waals surface area contributed by atoms with E-state index < -0.39 is 0 Å². The van der Waals surface area contributed by atoms with Crippen molar-refractivity contribution in [3.05, 3.63) is 101 Å². The van der Waals surface area contributed by atoms with E-state index in [1.54, 1.807) is 24.4 Å². The van der Waals surface area contributed by atoms with E-state index in [1.165, 1.54) is 12.1 Å². The fourth-order valence-electron chi connectivity index (χ4n) is 2.49. The predicted molar refractivity (Wildman–Crippen MR) is 103 cm³/mol. The number of hydrazone groups is 1. The minimum Gasteiger partial charge on any atom is -0.489 e. The highest BCUT2D eigenvalue weighted by Gasteiger charge is 2.06. The number of halogens is 1. The van der Waals surface area contributed by atoms with Gasteiger partial charge in [-0.05, 0) is 53.9 Å². The maximum Gasteiger partial charge on any atom is 0.271 e. The summed E-state index contributed by atoms with van der Waals surface area (Å²) in [6, 6.07) is 20.8. The van der Waals surface area contributed by atoms with Crippen LogP contribution in [0.5, 0.6) is 5.75 Å². The Labute approximate surface area is 157 Å². The predicted octanol–water partition coefficient (Wildman–Crippen LogP) is 4.48. The monoisotopic (exact) mass is 362 g/mol. The first kappa shape index (κ1) is 18.3. The van der Waals surface area contributed by atoms with Crippen molar-refractivity contribution in [2.24, 2.45) is 5.10 Å². The molecule has 0 aliphatic heterocycles. The van der Waals surface area contributed by atoms with Crippen LogP contribution in [0.15, 0.2) is 77.9 Å². The van der Waals surface area contributed by atoms with Gasteiger partial charge in [0, 0.05) is 5.56 Å². The van der Waals surface area contributed by atoms with E-state index in [-0.39, 0.29) is 11.7 Å². The Morgan fingerprint density at radius 1 is 1.07 bits per heavy atom. The molecule has 0 atom stereocenters. The summed E-state index contributed by atoms with van der Waals surface area (Å²) in [6.07, 6.45) is 1.56. The van der Waals surface area contributed by atoms with Crippen molar-refractivity contribution >= 4 is 12.1 Å². The lowest BCUT2D eigenvalue weighted by Crippen LogP contribution is -2.18. The van der Waals surface area contributed by atoms with Crippen LogP contribution in [0.1, 0.15) is 27.0 Å². The summed E-state index contributed by atoms with van der Waals surface area (Å²) in [5.74, 6) is 0.131. The molecule has 0 unspecified atom stereocenters. The van der Waals surface area contributed by atoms with Gasteiger partial charge in [-0.15, -0.1) is 0 Å². The molecule has 3 rings (SSSR count). The maximum atomic E-state index is 12.9. The SMILES string of the molecule is Cc1ccccc1C(=O)N/N=C\c1cccc(OCc2ccc(F)cc2)c1. The molecule has 0 fully saturated rings. The van der Waals surface area contributed by atoms with Crippen molar-refractivity contribution in [2.45, 2.75) is 13.5 Å². The summed E-state index contributed by atoms with van der Waals surface area (Å²) in [4.78, 5) is 12.1. The molecule has 0 aromatic heterocycles. The Bertz CT molecular complexity index is 953. The van der Waals surface area contributed by atoms with Crippen LogP contribution in [0.3, 0.4) is 0 Å². The van der Waals surface area contributed by atoms with Crippen LogP contribution in [0, 0.1) is 12.7 Å². The third kappa shape index (κ3) is 5.25. The molecule has 4 nitrogen and oxygen atoms in total. The number of rotatable bonds is 6. The van der Waals surface area contributed by atoms with Crippen LogP contribution in [-0.2, 0) is 6.61 Å². The van der Waals surface area contributed by atoms with Gasteiger partial charge < -0.3 is 4.74 Å². The molecule has 0 saturated carbocycles. The number of carbonyl (C=O) groups excluding carboxylic acids is 1. The smallest absolute Gasteiger partial charge is 0.271 e. The highest BCUT2D eigenvalue weighted by molar-refractivity contribution is 5.96. The van der Waals surface area contributed by atoms with E-state index in [0.717, 1.165) is 16.7 Å². The van der Waals surface area contributed by atoms with Crippen LogP contribution in [0.2, 0.25) is 0 Å². The first-order valence-corrected chi connectivity index (χ1v) is 8.48. The summed E-state index contributed by atoms with van der Waals surface area (Å²) in [6.45, 7) is 2.21. The van der Waals surface area contributed by atoms with Gasteiger partial charge in [-0.2, -0.15) is 5.10 Å². The topological polar surface area (TPSA) is 50.7 Å². The fraction of sp³-hybridized carbons (Fsp3) is 0.0909. The number of nitrogens with one attached hydrogen (secondary N) is 1. The van der Waals surface area contributed by atoms with E-state index >= 15 is 0 Å². The quantitative estimate of drug-likeness (QED) is 0.519. The fourth-order valence-corrected chi connectivity index (χ4v) is 2.49. The first-order valence-electron chi connectivity index (χ1n) is 8.48. The minimum atomic E-state index is -0.273. The highest BCUT2D eigenvalue weighted by Crippen LogP contribution is 2.14. The maximum absolute atomic E-state index is 12.9. The summed E-state index contributed by atoms with van der Waals surface area (Å²) < 4.78 is 18.6. The van der Waals surface area contributed by atoms with E-state index in [9.17, 15) is 9.18 Å². The van der Waals surface area contributed by atoms with Crippen LogP contribution >= 0.6 is 0 Å². The first-order chi connectivity index (χ1) is 13.1. The molecule has 0 heterocycles. The molecule has 0 aliphatic carbocycles. The second-order valence-electron chi connectivity index (χ2n) is 6.00. The van der Waals surface area contributed by atoms with Crippen molar-refractivity contribution in [1.82, 2.24) is 5.43 Å². The standard InChI is InChI=1S/C22H19FN2O2/c1-16-5-2-3-8-21(16)22(26)25-24-14-18-6-4-7-20(13-18)27-15-17-9-11-19(23)12-10-17/h2-14H,15H2,1H3,(H,25,26)/b24-14-.